The maximum Gasteiger partial charge on any atom is 0.269 e. The number of allylic oxidation sites excluding steroid dienone is 1. The summed E-state index contributed by atoms with van der Waals surface area (Å²) in [5.41, 5.74) is 0.848. The van der Waals surface area contributed by atoms with Crippen LogP contribution in [0.3, 0.4) is 0 Å². The molecule has 2 atom stereocenters. The largest absolute Gasteiger partial charge is 0.497 e. The van der Waals surface area contributed by atoms with E-state index in [1.807, 2.05) is 0 Å². The zero-order chi connectivity index (χ0) is 18.0. The number of nitrogens with zero attached hydrogens (tertiary/aromatic N) is 2. The predicted molar refractivity (Wildman–Crippen MR) is 90.7 cm³/mol. The second-order valence-corrected chi connectivity index (χ2v) is 6.06. The second kappa shape index (κ2) is 6.75. The summed E-state index contributed by atoms with van der Waals surface area (Å²) in [5, 5.41) is 17.1. The van der Waals surface area contributed by atoms with E-state index >= 15 is 0 Å². The number of H-pyrrole nitrogens is 1. The molecule has 2 heterocycles. The molecule has 3 N–H and O–H groups in total. The van der Waals surface area contributed by atoms with E-state index in [0.717, 1.165) is 11.3 Å². The molecule has 0 unspecified atom stereocenters. The van der Waals surface area contributed by atoms with Gasteiger partial charge in [-0.3, -0.25) is 4.79 Å². The summed E-state index contributed by atoms with van der Waals surface area (Å²) in [6.07, 6.45) is 4.58. The number of ether oxygens (including phenoxy) is 1. The highest BCUT2D eigenvalue weighted by atomic mass is 16.7. The second-order valence-electron chi connectivity index (χ2n) is 6.06. The first-order valence-corrected chi connectivity index (χ1v) is 7.89. The number of aromatic nitrogens is 2. The fraction of sp³-hybridized carbons (Fsp3) is 0.438. The number of amides is 1. The maximum absolute atomic E-state index is 12.3. The molecule has 2 aliphatic rings. The fourth-order valence-corrected chi connectivity index (χ4v) is 3.05. The number of carbonyl (C=O) groups excluding carboxylic acids is 1. The van der Waals surface area contributed by atoms with Crippen LogP contribution in [-0.4, -0.2) is 59.9 Å². The average Bonchev–Trinajstić information content (AvgIpc) is 3.24. The highest BCUT2D eigenvalue weighted by molar-refractivity contribution is 6.39. The molecule has 3 rings (SSSR count). The van der Waals surface area contributed by atoms with Gasteiger partial charge in [0.1, 0.15) is 25.4 Å². The molecule has 130 valence electrons. The van der Waals surface area contributed by atoms with Crippen molar-refractivity contribution in [3.05, 3.63) is 41.1 Å². The Hall–Kier alpha value is -2.55. The Balaban J connectivity index is 1.62. The first kappa shape index (κ1) is 17.3. The van der Waals surface area contributed by atoms with Crippen LogP contribution in [0, 0.1) is 0 Å². The third kappa shape index (κ3) is 3.19. The van der Waals surface area contributed by atoms with E-state index in [1.54, 1.807) is 25.5 Å². The van der Waals surface area contributed by atoms with E-state index < -0.39 is 11.7 Å². The van der Waals surface area contributed by atoms with E-state index in [2.05, 4.69) is 20.4 Å². The Kier molecular flexibility index (Phi) is 4.67. The van der Waals surface area contributed by atoms with E-state index in [1.165, 1.54) is 7.11 Å². The van der Waals surface area contributed by atoms with Crippen molar-refractivity contribution < 1.29 is 19.5 Å². The van der Waals surface area contributed by atoms with Crippen LogP contribution in [0.4, 0.5) is 0 Å². The van der Waals surface area contributed by atoms with Crippen LogP contribution in [-0.2, 0) is 20.8 Å². The van der Waals surface area contributed by atoms with Gasteiger partial charge in [0.25, 0.3) is 5.91 Å². The van der Waals surface area contributed by atoms with Crippen molar-refractivity contribution in [2.75, 3.05) is 13.7 Å². The molecule has 25 heavy (non-hydrogen) atoms. The van der Waals surface area contributed by atoms with E-state index in [4.69, 9.17) is 17.4 Å². The van der Waals surface area contributed by atoms with Gasteiger partial charge in [-0.05, 0) is 24.0 Å². The van der Waals surface area contributed by atoms with Crippen LogP contribution in [0.25, 0.3) is 0 Å². The number of oxime groups is 1. The third-order valence-corrected chi connectivity index (χ3v) is 4.31. The summed E-state index contributed by atoms with van der Waals surface area (Å²) in [6.45, 7) is 2.23. The van der Waals surface area contributed by atoms with Gasteiger partial charge in [-0.25, -0.2) is 4.98 Å². The number of methoxy groups -OCH3 is 1. The van der Waals surface area contributed by atoms with Gasteiger partial charge in [0, 0.05) is 31.3 Å². The van der Waals surface area contributed by atoms with Crippen molar-refractivity contribution in [2.24, 2.45) is 5.16 Å². The molecule has 1 aromatic heterocycles. The van der Waals surface area contributed by atoms with Crippen molar-refractivity contribution in [2.45, 2.75) is 31.5 Å². The number of carbonyl (C=O) groups is 1. The van der Waals surface area contributed by atoms with Crippen molar-refractivity contribution in [3.8, 4) is 0 Å². The molecule has 1 spiro atoms. The topological polar surface area (TPSA) is 109 Å². The summed E-state index contributed by atoms with van der Waals surface area (Å²) < 4.78 is 5.20. The molecule has 8 nitrogen and oxygen atoms in total. The van der Waals surface area contributed by atoms with Crippen LogP contribution in [0.2, 0.25) is 0 Å². The van der Waals surface area contributed by atoms with Crippen LogP contribution < -0.4 is 5.32 Å². The number of hydrogen-bond donors (Lipinski definition) is 3. The highest BCUT2D eigenvalue weighted by Gasteiger charge is 2.49. The average molecular weight is 342 g/mol. The maximum atomic E-state index is 12.3. The number of aromatic amines is 1. The van der Waals surface area contributed by atoms with E-state index in [9.17, 15) is 9.90 Å². The van der Waals surface area contributed by atoms with Gasteiger partial charge in [0.2, 0.25) is 0 Å². The normalized spacial score (nSPS) is 25.5. The lowest BCUT2D eigenvalue weighted by Gasteiger charge is -2.35. The fourth-order valence-electron chi connectivity index (χ4n) is 3.05. The van der Waals surface area contributed by atoms with Gasteiger partial charge in [0.15, 0.2) is 5.60 Å². The monoisotopic (exact) mass is 342 g/mol. The number of hydrogen-bond acceptors (Lipinski definition) is 6. The molecule has 0 aromatic carbocycles. The standard InChI is InChI=1S/C16H19BN4O4/c1-9-5-16(14(22)12(17)13(9)24-2)6-11(21-25-16)15(23)19-4-3-10-7-18-8-20-10/h5,7-8,14,22H,3-4,6H2,1-2H3,(H,18,20)(H,19,23)/t14-,16+/m1/s1. The Morgan fingerprint density at radius 2 is 2.44 bits per heavy atom. The summed E-state index contributed by atoms with van der Waals surface area (Å²) in [6, 6.07) is 0. The van der Waals surface area contributed by atoms with Gasteiger partial charge >= 0.3 is 0 Å². The lowest BCUT2D eigenvalue weighted by atomic mass is 9.73. The molecule has 1 aromatic rings. The first-order valence-electron chi connectivity index (χ1n) is 7.89. The Morgan fingerprint density at radius 1 is 1.64 bits per heavy atom. The van der Waals surface area contributed by atoms with Crippen molar-refractivity contribution in [1.82, 2.24) is 15.3 Å². The van der Waals surface area contributed by atoms with Crippen LogP contribution in [0.1, 0.15) is 19.0 Å². The summed E-state index contributed by atoms with van der Waals surface area (Å²) in [5.74, 6) is 0.0777. The molecule has 1 aliphatic carbocycles. The third-order valence-electron chi connectivity index (χ3n) is 4.31. The Bertz CT molecular complexity index is 756. The van der Waals surface area contributed by atoms with Gasteiger partial charge in [0.05, 0.1) is 13.4 Å². The van der Waals surface area contributed by atoms with Crippen LogP contribution in [0.15, 0.2) is 40.6 Å². The van der Waals surface area contributed by atoms with Gasteiger partial charge in [-0.1, -0.05) is 5.16 Å². The molecule has 2 radical (unpaired) electrons. The number of rotatable bonds is 5. The summed E-state index contributed by atoms with van der Waals surface area (Å²) in [4.78, 5) is 24.6. The predicted octanol–water partition coefficient (Wildman–Crippen LogP) is -0.0692. The van der Waals surface area contributed by atoms with Gasteiger partial charge in [-0.2, -0.15) is 0 Å². The molecule has 0 bridgehead atoms. The molecule has 0 saturated heterocycles. The van der Waals surface area contributed by atoms with Crippen molar-refractivity contribution in [3.63, 3.8) is 0 Å². The zero-order valence-electron chi connectivity index (χ0n) is 14.1. The van der Waals surface area contributed by atoms with Gasteiger partial charge < -0.3 is 25.0 Å². The molecule has 1 aliphatic heterocycles. The van der Waals surface area contributed by atoms with Crippen molar-refractivity contribution >= 4 is 19.5 Å². The SMILES string of the molecule is [B]C1=C(OC)C(C)=C[C@]2(CC(C(=O)NCCc3cnc[nH]3)=NO2)[C@@H]1O. The Labute approximate surface area is 146 Å². The van der Waals surface area contributed by atoms with Crippen LogP contribution >= 0.6 is 0 Å². The first-order chi connectivity index (χ1) is 12.0. The van der Waals surface area contributed by atoms with Gasteiger partial charge in [-0.15, -0.1) is 0 Å². The van der Waals surface area contributed by atoms with Crippen LogP contribution in [0.5, 0.6) is 0 Å². The number of aliphatic hydroxyl groups is 1. The van der Waals surface area contributed by atoms with E-state index in [0.29, 0.717) is 18.7 Å². The lowest BCUT2D eigenvalue weighted by molar-refractivity contribution is -0.114. The van der Waals surface area contributed by atoms with E-state index in [-0.39, 0.29) is 23.5 Å². The highest BCUT2D eigenvalue weighted by Crippen LogP contribution is 2.39. The number of nitrogens with one attached hydrogen (secondary N) is 2. The minimum atomic E-state index is -1.17. The zero-order valence-corrected chi connectivity index (χ0v) is 14.1. The molecule has 9 heteroatoms. The molecular formula is C16H19BN4O4. The Morgan fingerprint density at radius 3 is 3.12 bits per heavy atom. The lowest BCUT2D eigenvalue weighted by Crippen LogP contribution is -2.46. The summed E-state index contributed by atoms with van der Waals surface area (Å²) in [7, 11) is 7.44. The molecule has 1 amide bonds. The smallest absolute Gasteiger partial charge is 0.269 e. The molecule has 0 saturated carbocycles. The van der Waals surface area contributed by atoms with Crippen molar-refractivity contribution in [1.29, 1.82) is 0 Å². The number of aliphatic hydroxyl groups excluding tert-OH is 1. The minimum Gasteiger partial charge on any atom is -0.497 e. The molecule has 0 fully saturated rings. The molecular weight excluding hydrogens is 323 g/mol. The summed E-state index contributed by atoms with van der Waals surface area (Å²) >= 11 is 0. The quantitative estimate of drug-likeness (QED) is 0.649. The number of imidazole rings is 1. The minimum absolute atomic E-state index is 0.124.